The van der Waals surface area contributed by atoms with Gasteiger partial charge in [-0.05, 0) is 24.6 Å². The Kier molecular flexibility index (Phi) is 2.69. The Hall–Kier alpha value is -1.99. The van der Waals surface area contributed by atoms with E-state index in [1.54, 1.807) is 18.2 Å². The van der Waals surface area contributed by atoms with Gasteiger partial charge in [-0.2, -0.15) is 15.4 Å². The predicted octanol–water partition coefficient (Wildman–Crippen LogP) is -0.381. The molecule has 1 aromatic heterocycles. The van der Waals surface area contributed by atoms with Gasteiger partial charge in [-0.1, -0.05) is 0 Å². The Morgan fingerprint density at radius 1 is 1.39 bits per heavy atom. The third-order valence-electron chi connectivity index (χ3n) is 3.01. The number of benzene rings is 1. The second kappa shape index (κ2) is 4.35. The molecule has 0 saturated carbocycles. The second-order valence-corrected chi connectivity index (χ2v) is 4.37. The number of nitrogens with zero attached hydrogens (tertiary/aromatic N) is 2. The zero-order valence-electron chi connectivity index (χ0n) is 9.55. The third kappa shape index (κ3) is 2.05. The molecule has 1 aliphatic heterocycles. The molecule has 0 aliphatic carbocycles. The Balaban J connectivity index is 1.73. The number of aromatic nitrogens is 3. The first kappa shape index (κ1) is 11.1. The first-order chi connectivity index (χ1) is 8.72. The maximum Gasteiger partial charge on any atom is 0.241 e. The second-order valence-electron chi connectivity index (χ2n) is 4.37. The van der Waals surface area contributed by atoms with E-state index in [1.165, 1.54) is 0 Å². The number of aliphatic hydroxyl groups is 1. The fraction of sp³-hybridized carbons (Fsp3) is 0.364. The average Bonchev–Trinajstić information content (AvgIpc) is 2.96. The summed E-state index contributed by atoms with van der Waals surface area (Å²) < 4.78 is 0. The lowest BCUT2D eigenvalue weighted by Gasteiger charge is -2.10. The maximum absolute atomic E-state index is 11.9. The molecular formula is C11H13N5O2. The number of amides is 1. The van der Waals surface area contributed by atoms with Crippen molar-refractivity contribution in [3.8, 4) is 0 Å². The summed E-state index contributed by atoms with van der Waals surface area (Å²) in [4.78, 5) is 11.9. The van der Waals surface area contributed by atoms with Crippen molar-refractivity contribution in [1.82, 2.24) is 20.7 Å². The Bertz CT molecular complexity index is 582. The molecule has 1 amide bonds. The van der Waals surface area contributed by atoms with Crippen molar-refractivity contribution in [3.05, 3.63) is 18.2 Å². The molecule has 1 fully saturated rings. The minimum Gasteiger partial charge on any atom is -0.392 e. The van der Waals surface area contributed by atoms with E-state index in [0.29, 0.717) is 24.2 Å². The molecule has 94 valence electrons. The molecule has 1 saturated heterocycles. The van der Waals surface area contributed by atoms with E-state index in [-0.39, 0.29) is 11.9 Å². The van der Waals surface area contributed by atoms with E-state index >= 15 is 0 Å². The van der Waals surface area contributed by atoms with Crippen molar-refractivity contribution in [2.45, 2.75) is 18.6 Å². The van der Waals surface area contributed by atoms with Crippen LogP contribution in [0.25, 0.3) is 11.0 Å². The number of H-pyrrole nitrogens is 1. The van der Waals surface area contributed by atoms with Crippen molar-refractivity contribution < 1.29 is 9.90 Å². The highest BCUT2D eigenvalue weighted by Gasteiger charge is 2.27. The molecule has 3 rings (SSSR count). The van der Waals surface area contributed by atoms with Crippen LogP contribution in [-0.2, 0) is 4.79 Å². The van der Waals surface area contributed by atoms with Crippen LogP contribution in [0.1, 0.15) is 6.42 Å². The summed E-state index contributed by atoms with van der Waals surface area (Å²) >= 11 is 0. The molecule has 2 heterocycles. The summed E-state index contributed by atoms with van der Waals surface area (Å²) in [6, 6.07) is 4.97. The van der Waals surface area contributed by atoms with Crippen LogP contribution in [0.3, 0.4) is 0 Å². The molecular weight excluding hydrogens is 234 g/mol. The monoisotopic (exact) mass is 247 g/mol. The number of aromatic amines is 1. The van der Waals surface area contributed by atoms with Crippen LogP contribution < -0.4 is 10.6 Å². The highest BCUT2D eigenvalue weighted by Crippen LogP contribution is 2.16. The van der Waals surface area contributed by atoms with Crippen LogP contribution in [0.4, 0.5) is 5.69 Å². The first-order valence-electron chi connectivity index (χ1n) is 5.75. The number of hydrogen-bond donors (Lipinski definition) is 4. The van der Waals surface area contributed by atoms with E-state index < -0.39 is 6.10 Å². The van der Waals surface area contributed by atoms with Gasteiger partial charge in [-0.25, -0.2) is 0 Å². The van der Waals surface area contributed by atoms with Gasteiger partial charge in [0.05, 0.1) is 12.1 Å². The van der Waals surface area contributed by atoms with Gasteiger partial charge in [0.2, 0.25) is 5.91 Å². The minimum atomic E-state index is -0.446. The fourth-order valence-corrected chi connectivity index (χ4v) is 2.06. The lowest BCUT2D eigenvalue weighted by molar-refractivity contribution is -0.117. The van der Waals surface area contributed by atoms with Gasteiger partial charge in [0, 0.05) is 12.2 Å². The van der Waals surface area contributed by atoms with Crippen LogP contribution in [0.2, 0.25) is 0 Å². The Morgan fingerprint density at radius 2 is 2.22 bits per heavy atom. The Morgan fingerprint density at radius 3 is 3.00 bits per heavy atom. The van der Waals surface area contributed by atoms with Gasteiger partial charge in [0.15, 0.2) is 0 Å². The van der Waals surface area contributed by atoms with Crippen molar-refractivity contribution in [3.63, 3.8) is 0 Å². The van der Waals surface area contributed by atoms with Crippen molar-refractivity contribution >= 4 is 22.6 Å². The average molecular weight is 247 g/mol. The summed E-state index contributed by atoms with van der Waals surface area (Å²) in [5, 5.41) is 25.5. The van der Waals surface area contributed by atoms with Crippen LogP contribution in [0, 0.1) is 0 Å². The van der Waals surface area contributed by atoms with E-state index in [4.69, 9.17) is 0 Å². The van der Waals surface area contributed by atoms with Gasteiger partial charge in [0.25, 0.3) is 0 Å². The minimum absolute atomic E-state index is 0.144. The zero-order valence-corrected chi connectivity index (χ0v) is 9.55. The van der Waals surface area contributed by atoms with E-state index in [9.17, 15) is 9.90 Å². The lowest BCUT2D eigenvalue weighted by Crippen LogP contribution is -2.35. The molecule has 1 aromatic carbocycles. The van der Waals surface area contributed by atoms with Crippen molar-refractivity contribution in [2.75, 3.05) is 11.9 Å². The van der Waals surface area contributed by atoms with Crippen molar-refractivity contribution in [2.24, 2.45) is 0 Å². The van der Waals surface area contributed by atoms with Gasteiger partial charge in [-0.15, -0.1) is 0 Å². The van der Waals surface area contributed by atoms with Gasteiger partial charge in [-0.3, -0.25) is 4.79 Å². The van der Waals surface area contributed by atoms with E-state index in [1.807, 2.05) is 0 Å². The number of carbonyl (C=O) groups is 1. The molecule has 1 aliphatic rings. The molecule has 2 atom stereocenters. The molecule has 18 heavy (non-hydrogen) atoms. The summed E-state index contributed by atoms with van der Waals surface area (Å²) in [6.07, 6.45) is -0.00308. The van der Waals surface area contributed by atoms with Gasteiger partial charge < -0.3 is 15.7 Å². The molecule has 7 nitrogen and oxygen atoms in total. The van der Waals surface area contributed by atoms with Crippen LogP contribution in [-0.4, -0.2) is 45.1 Å². The smallest absolute Gasteiger partial charge is 0.241 e. The number of carbonyl (C=O) groups excluding carboxylic acids is 1. The molecule has 4 N–H and O–H groups in total. The number of β-amino-alcohol motifs (C(OH)–C–C–N with tert-alkyl or cyclic N) is 1. The summed E-state index contributed by atoms with van der Waals surface area (Å²) in [5.74, 6) is -0.144. The summed E-state index contributed by atoms with van der Waals surface area (Å²) in [5.41, 5.74) is 2.12. The van der Waals surface area contributed by atoms with E-state index in [2.05, 4.69) is 26.0 Å². The topological polar surface area (TPSA) is 103 Å². The maximum atomic E-state index is 11.9. The zero-order chi connectivity index (χ0) is 12.5. The first-order valence-corrected chi connectivity index (χ1v) is 5.75. The fourth-order valence-electron chi connectivity index (χ4n) is 2.06. The Labute approximate surface area is 103 Å². The molecule has 0 unspecified atom stereocenters. The highest BCUT2D eigenvalue weighted by atomic mass is 16.3. The highest BCUT2D eigenvalue weighted by molar-refractivity contribution is 5.96. The largest absolute Gasteiger partial charge is 0.392 e. The standard InChI is InChI=1S/C11H13N5O2/c17-7-4-10(12-5-7)11(18)13-6-1-2-8-9(3-6)15-16-14-8/h1-3,7,10,12,17H,4-5H2,(H,13,18)(H,14,15,16)/t7-,10-/m1/s1. The quantitative estimate of drug-likeness (QED) is 0.579. The number of aliphatic hydroxyl groups excluding tert-OH is 1. The summed E-state index contributed by atoms with van der Waals surface area (Å²) in [6.45, 7) is 0.459. The van der Waals surface area contributed by atoms with Gasteiger partial charge >= 0.3 is 0 Å². The van der Waals surface area contributed by atoms with Gasteiger partial charge in [0.1, 0.15) is 11.0 Å². The number of rotatable bonds is 2. The normalized spacial score (nSPS) is 23.4. The number of nitrogens with one attached hydrogen (secondary N) is 3. The molecule has 2 aromatic rings. The predicted molar refractivity (Wildman–Crippen MR) is 64.9 cm³/mol. The number of hydrogen-bond acceptors (Lipinski definition) is 5. The SMILES string of the molecule is O=C(Nc1ccc2n[nH]nc2c1)[C@H]1C[C@@H](O)CN1. The third-order valence-corrected chi connectivity index (χ3v) is 3.01. The van der Waals surface area contributed by atoms with E-state index in [0.717, 1.165) is 5.52 Å². The number of fused-ring (bicyclic) bond motifs is 1. The van der Waals surface area contributed by atoms with Crippen molar-refractivity contribution in [1.29, 1.82) is 0 Å². The number of anilines is 1. The molecule has 0 radical (unpaired) electrons. The van der Waals surface area contributed by atoms with Crippen LogP contribution >= 0.6 is 0 Å². The summed E-state index contributed by atoms with van der Waals surface area (Å²) in [7, 11) is 0. The van der Waals surface area contributed by atoms with Crippen LogP contribution in [0.5, 0.6) is 0 Å². The molecule has 0 spiro atoms. The lowest BCUT2D eigenvalue weighted by atomic mass is 10.2. The van der Waals surface area contributed by atoms with Crippen LogP contribution in [0.15, 0.2) is 18.2 Å². The molecule has 7 heteroatoms. The molecule has 0 bridgehead atoms.